The van der Waals surface area contributed by atoms with Gasteiger partial charge in [-0.2, -0.15) is 18.3 Å². The van der Waals surface area contributed by atoms with Gasteiger partial charge in [-0.1, -0.05) is 0 Å². The average Bonchev–Trinajstić information content (AvgIpc) is 2.45. The minimum Gasteiger partial charge on any atom is -0.249 e. The van der Waals surface area contributed by atoms with Crippen molar-refractivity contribution >= 4 is 21.6 Å². The summed E-state index contributed by atoms with van der Waals surface area (Å²) in [7, 11) is 0. The second kappa shape index (κ2) is 3.09. The Morgan fingerprint density at radius 2 is 2.13 bits per heavy atom. The van der Waals surface area contributed by atoms with Gasteiger partial charge >= 0.3 is 11.9 Å². The molecule has 8 heteroatoms. The van der Waals surface area contributed by atoms with Crippen molar-refractivity contribution in [2.45, 2.75) is 6.18 Å². The molecule has 0 saturated heterocycles. The monoisotopic (exact) mass is 281 g/mol. The molecule has 2 aromatic rings. The predicted octanol–water partition coefficient (Wildman–Crippen LogP) is 1.80. The number of halogens is 4. The van der Waals surface area contributed by atoms with Crippen LogP contribution in [0.5, 0.6) is 0 Å². The number of aromatic nitrogens is 3. The fourth-order valence-corrected chi connectivity index (χ4v) is 1.62. The Labute approximate surface area is 88.8 Å². The molecule has 0 aliphatic heterocycles. The van der Waals surface area contributed by atoms with E-state index in [2.05, 4.69) is 21.0 Å². The minimum absolute atomic E-state index is 0.158. The van der Waals surface area contributed by atoms with Crippen LogP contribution in [0, 0.1) is 0 Å². The molecular formula is C7H3BrF3N3O. The third-order valence-electron chi connectivity index (χ3n) is 1.79. The molecule has 2 aromatic heterocycles. The number of nitrogens with one attached hydrogen (secondary N) is 1. The molecule has 0 aliphatic rings. The molecule has 0 aliphatic carbocycles. The lowest BCUT2D eigenvalue weighted by Gasteiger charge is -2.07. The molecule has 0 bridgehead atoms. The van der Waals surface area contributed by atoms with Gasteiger partial charge in [-0.25, -0.2) is 14.3 Å². The first kappa shape index (κ1) is 10.2. The predicted molar refractivity (Wildman–Crippen MR) is 48.5 cm³/mol. The molecular weight excluding hydrogens is 279 g/mol. The molecule has 0 aromatic carbocycles. The Morgan fingerprint density at radius 3 is 2.73 bits per heavy atom. The molecule has 1 N–H and O–H groups in total. The summed E-state index contributed by atoms with van der Waals surface area (Å²) < 4.78 is 38.5. The number of hydrogen-bond donors (Lipinski definition) is 1. The average molecular weight is 282 g/mol. The van der Waals surface area contributed by atoms with Gasteiger partial charge in [-0.15, -0.1) is 0 Å². The van der Waals surface area contributed by atoms with Gasteiger partial charge in [0.05, 0.1) is 0 Å². The van der Waals surface area contributed by atoms with Gasteiger partial charge in [-0.3, -0.25) is 0 Å². The molecule has 0 amide bonds. The zero-order chi connectivity index (χ0) is 11.2. The van der Waals surface area contributed by atoms with Gasteiger partial charge in [-0.05, 0) is 22.0 Å². The summed E-state index contributed by atoms with van der Waals surface area (Å²) in [5.74, 6) is 0. The molecule has 0 atom stereocenters. The van der Waals surface area contributed by atoms with E-state index in [-0.39, 0.29) is 4.47 Å². The van der Waals surface area contributed by atoms with Crippen LogP contribution in [0.4, 0.5) is 13.2 Å². The van der Waals surface area contributed by atoms with Gasteiger partial charge in [0, 0.05) is 10.7 Å². The summed E-state index contributed by atoms with van der Waals surface area (Å²) in [6, 6.07) is 0.871. The van der Waals surface area contributed by atoms with E-state index in [0.29, 0.717) is 0 Å². The lowest BCUT2D eigenvalue weighted by atomic mass is 10.2. The van der Waals surface area contributed by atoms with Gasteiger partial charge in [0.1, 0.15) is 5.56 Å². The number of fused-ring (bicyclic) bond motifs is 1. The maximum atomic E-state index is 12.5. The van der Waals surface area contributed by atoms with Gasteiger partial charge < -0.3 is 0 Å². The summed E-state index contributed by atoms with van der Waals surface area (Å²) >= 11 is 2.89. The highest BCUT2D eigenvalue weighted by atomic mass is 79.9. The van der Waals surface area contributed by atoms with Crippen molar-refractivity contribution in [3.8, 4) is 0 Å². The smallest absolute Gasteiger partial charge is 0.249 e. The van der Waals surface area contributed by atoms with Crippen molar-refractivity contribution in [3.05, 3.63) is 32.8 Å². The Balaban J connectivity index is 2.90. The number of nitrogens with zero attached hydrogens (tertiary/aromatic N) is 2. The third kappa shape index (κ3) is 1.65. The Morgan fingerprint density at radius 1 is 1.47 bits per heavy atom. The van der Waals surface area contributed by atoms with Crippen molar-refractivity contribution < 1.29 is 13.2 Å². The summed E-state index contributed by atoms with van der Waals surface area (Å²) in [5.41, 5.74) is -2.11. The van der Waals surface area contributed by atoms with Crippen molar-refractivity contribution in [2.75, 3.05) is 0 Å². The van der Waals surface area contributed by atoms with Crippen LogP contribution in [-0.4, -0.2) is 14.6 Å². The van der Waals surface area contributed by atoms with Crippen LogP contribution in [0.1, 0.15) is 5.56 Å². The first-order chi connectivity index (χ1) is 6.89. The van der Waals surface area contributed by atoms with Crippen LogP contribution < -0.4 is 5.69 Å². The summed E-state index contributed by atoms with van der Waals surface area (Å²) in [6.07, 6.45) is -3.33. The lowest BCUT2D eigenvalue weighted by molar-refractivity contribution is -0.136. The van der Waals surface area contributed by atoms with E-state index < -0.39 is 23.1 Å². The molecule has 0 fully saturated rings. The molecule has 0 saturated carbocycles. The van der Waals surface area contributed by atoms with Crippen LogP contribution in [0.15, 0.2) is 21.5 Å². The van der Waals surface area contributed by atoms with Gasteiger partial charge in [0.15, 0.2) is 5.65 Å². The molecule has 4 nitrogen and oxygen atoms in total. The Bertz CT molecular complexity index is 571. The standard InChI is InChI=1S/C7H3BrF3N3O/c8-3-1-4(7(9,10)11)5-12-13-6(15)14(5)2-3/h1-2H,(H,13,15). The molecule has 2 heterocycles. The van der Waals surface area contributed by atoms with Crippen LogP contribution in [0.3, 0.4) is 0 Å². The topological polar surface area (TPSA) is 50.2 Å². The van der Waals surface area contributed by atoms with E-state index >= 15 is 0 Å². The zero-order valence-electron chi connectivity index (χ0n) is 6.97. The van der Waals surface area contributed by atoms with Crippen LogP contribution in [-0.2, 0) is 6.18 Å². The quantitative estimate of drug-likeness (QED) is 0.801. The summed E-state index contributed by atoms with van der Waals surface area (Å²) in [4.78, 5) is 11.1. The van der Waals surface area contributed by atoms with E-state index in [9.17, 15) is 18.0 Å². The second-order valence-electron chi connectivity index (χ2n) is 2.79. The van der Waals surface area contributed by atoms with Crippen molar-refractivity contribution in [1.82, 2.24) is 14.6 Å². The fourth-order valence-electron chi connectivity index (χ4n) is 1.19. The Kier molecular flexibility index (Phi) is 2.10. The third-order valence-corrected chi connectivity index (χ3v) is 2.22. The zero-order valence-corrected chi connectivity index (χ0v) is 8.56. The largest absolute Gasteiger partial charge is 0.420 e. The highest BCUT2D eigenvalue weighted by molar-refractivity contribution is 9.10. The number of alkyl halides is 3. The lowest BCUT2D eigenvalue weighted by Crippen LogP contribution is -2.12. The molecule has 2 rings (SSSR count). The van der Waals surface area contributed by atoms with Gasteiger partial charge in [0.25, 0.3) is 0 Å². The summed E-state index contributed by atoms with van der Waals surface area (Å²) in [5, 5.41) is 5.26. The van der Waals surface area contributed by atoms with Crippen molar-refractivity contribution in [3.63, 3.8) is 0 Å². The normalized spacial score (nSPS) is 12.3. The van der Waals surface area contributed by atoms with Crippen molar-refractivity contribution in [2.24, 2.45) is 0 Å². The SMILES string of the molecule is O=c1[nH]nc2c(C(F)(F)F)cc(Br)cn12. The number of pyridine rings is 1. The molecule has 0 spiro atoms. The molecule has 0 unspecified atom stereocenters. The fraction of sp³-hybridized carbons (Fsp3) is 0.143. The molecule has 15 heavy (non-hydrogen) atoms. The minimum atomic E-state index is -4.54. The first-order valence-corrected chi connectivity index (χ1v) is 4.52. The van der Waals surface area contributed by atoms with E-state index in [1.165, 1.54) is 6.20 Å². The highest BCUT2D eigenvalue weighted by Gasteiger charge is 2.34. The van der Waals surface area contributed by atoms with Crippen LogP contribution in [0.2, 0.25) is 0 Å². The maximum absolute atomic E-state index is 12.5. The number of H-pyrrole nitrogens is 1. The number of aromatic amines is 1. The van der Waals surface area contributed by atoms with E-state index in [1.54, 1.807) is 0 Å². The summed E-state index contributed by atoms with van der Waals surface area (Å²) in [6.45, 7) is 0. The maximum Gasteiger partial charge on any atom is 0.420 e. The Hall–Kier alpha value is -1.31. The molecule has 80 valence electrons. The molecule has 0 radical (unpaired) electrons. The van der Waals surface area contributed by atoms with Crippen LogP contribution >= 0.6 is 15.9 Å². The number of rotatable bonds is 0. The number of hydrogen-bond acceptors (Lipinski definition) is 2. The van der Waals surface area contributed by atoms with Gasteiger partial charge in [0.2, 0.25) is 0 Å². The second-order valence-corrected chi connectivity index (χ2v) is 3.71. The van der Waals surface area contributed by atoms with E-state index in [4.69, 9.17) is 0 Å². The van der Waals surface area contributed by atoms with Crippen LogP contribution in [0.25, 0.3) is 5.65 Å². The van der Waals surface area contributed by atoms with E-state index in [0.717, 1.165) is 10.5 Å². The highest BCUT2D eigenvalue weighted by Crippen LogP contribution is 2.32. The van der Waals surface area contributed by atoms with E-state index in [1.807, 2.05) is 5.10 Å². The van der Waals surface area contributed by atoms with Crippen molar-refractivity contribution in [1.29, 1.82) is 0 Å². The first-order valence-electron chi connectivity index (χ1n) is 3.73.